The molecule has 0 radical (unpaired) electrons. The van der Waals surface area contributed by atoms with Gasteiger partial charge in [0.05, 0.1) is 32.0 Å². The number of hydrogen-bond donors (Lipinski definition) is 2. The van der Waals surface area contributed by atoms with Gasteiger partial charge in [0.25, 0.3) is 0 Å². The predicted octanol–water partition coefficient (Wildman–Crippen LogP) is 2.62. The molecule has 3 aliphatic carbocycles. The van der Waals surface area contributed by atoms with Crippen LogP contribution in [-0.2, 0) is 25.7 Å². The van der Waals surface area contributed by atoms with E-state index < -0.39 is 35.6 Å². The molecule has 0 heterocycles. The number of methoxy groups -OCH3 is 2. The zero-order chi connectivity index (χ0) is 22.3. The van der Waals surface area contributed by atoms with Gasteiger partial charge in [0, 0.05) is 24.0 Å². The van der Waals surface area contributed by atoms with Crippen LogP contribution in [0.25, 0.3) is 0 Å². The summed E-state index contributed by atoms with van der Waals surface area (Å²) in [5, 5.41) is 19.8. The number of carbonyl (C=O) groups is 3. The van der Waals surface area contributed by atoms with E-state index >= 15 is 0 Å². The van der Waals surface area contributed by atoms with Gasteiger partial charge < -0.3 is 24.4 Å². The molecule has 2 aromatic carbocycles. The minimum atomic E-state index is -1.16. The Balaban J connectivity index is 1.64. The molecule has 0 saturated heterocycles. The summed E-state index contributed by atoms with van der Waals surface area (Å²) < 4.78 is 15.9. The number of fused-ring (bicyclic) bond motifs is 2. The molecule has 4 unspecified atom stereocenters. The molecule has 0 aromatic heterocycles. The molecule has 2 bridgehead atoms. The van der Waals surface area contributed by atoms with Gasteiger partial charge >= 0.3 is 11.9 Å². The number of phenolic OH excluding ortho intramolecular Hbond substituents is 1. The monoisotopic (exact) mass is 426 g/mol. The third-order valence-electron chi connectivity index (χ3n) is 6.17. The Labute approximate surface area is 178 Å². The smallest absolute Gasteiger partial charge is 0.311 e. The standard InChI is InChI=1S/C23H22O8/c1-29-13-5-3-11(18(8-13)30-2)10-31-23(28)21-19-15-7-12(24)4-6-14(15)16(9-17(19)25)20(21)22(26)27/h3-8,16,19-21,24H,9-10H2,1-2H3,(H,26,27). The van der Waals surface area contributed by atoms with Crippen molar-refractivity contribution in [1.82, 2.24) is 0 Å². The first-order valence-corrected chi connectivity index (χ1v) is 9.81. The van der Waals surface area contributed by atoms with Crippen LogP contribution in [-0.4, -0.2) is 42.2 Å². The number of Topliss-reactive ketones (excluding diaryl/α,β-unsaturated/α-hetero) is 1. The van der Waals surface area contributed by atoms with Gasteiger partial charge in [0.2, 0.25) is 0 Å². The summed E-state index contributed by atoms with van der Waals surface area (Å²) in [6.45, 7) is -0.146. The molecule has 31 heavy (non-hydrogen) atoms. The molecule has 2 aromatic rings. The van der Waals surface area contributed by atoms with Crippen molar-refractivity contribution < 1.29 is 38.8 Å². The zero-order valence-electron chi connectivity index (χ0n) is 17.0. The van der Waals surface area contributed by atoms with Crippen LogP contribution in [0.2, 0.25) is 0 Å². The maximum Gasteiger partial charge on any atom is 0.311 e. The van der Waals surface area contributed by atoms with E-state index in [1.807, 2.05) is 0 Å². The summed E-state index contributed by atoms with van der Waals surface area (Å²) in [6, 6.07) is 9.56. The van der Waals surface area contributed by atoms with Crippen molar-refractivity contribution in [1.29, 1.82) is 0 Å². The highest BCUT2D eigenvalue weighted by molar-refractivity contribution is 5.99. The molecule has 8 heteroatoms. The molecular formula is C23H22O8. The number of ether oxygens (including phenoxy) is 3. The Bertz CT molecular complexity index is 1060. The van der Waals surface area contributed by atoms with E-state index in [0.29, 0.717) is 28.2 Å². The first kappa shape index (κ1) is 20.7. The fourth-order valence-corrected chi connectivity index (χ4v) is 4.79. The van der Waals surface area contributed by atoms with Crippen LogP contribution < -0.4 is 9.47 Å². The Hall–Kier alpha value is -3.55. The van der Waals surface area contributed by atoms with Crippen LogP contribution >= 0.6 is 0 Å². The first-order valence-electron chi connectivity index (χ1n) is 9.81. The van der Waals surface area contributed by atoms with Gasteiger partial charge in [-0.1, -0.05) is 6.07 Å². The molecule has 3 aliphatic rings. The van der Waals surface area contributed by atoms with Crippen LogP contribution in [0.3, 0.4) is 0 Å². The van der Waals surface area contributed by atoms with Crippen molar-refractivity contribution in [2.75, 3.05) is 14.2 Å². The van der Waals surface area contributed by atoms with Crippen LogP contribution in [0.1, 0.15) is 34.9 Å². The summed E-state index contributed by atoms with van der Waals surface area (Å²) in [5.74, 6) is -4.98. The lowest BCUT2D eigenvalue weighted by atomic mass is 9.55. The number of carbonyl (C=O) groups excluding carboxylic acids is 2. The van der Waals surface area contributed by atoms with Gasteiger partial charge in [-0.15, -0.1) is 0 Å². The molecule has 1 fully saturated rings. The minimum absolute atomic E-state index is 0.0407. The maximum atomic E-state index is 13.1. The number of esters is 1. The number of aromatic hydroxyl groups is 1. The molecule has 0 spiro atoms. The van der Waals surface area contributed by atoms with Crippen LogP contribution in [0, 0.1) is 11.8 Å². The van der Waals surface area contributed by atoms with Gasteiger partial charge in [-0.2, -0.15) is 0 Å². The second-order valence-electron chi connectivity index (χ2n) is 7.74. The maximum absolute atomic E-state index is 13.1. The highest BCUT2D eigenvalue weighted by atomic mass is 16.5. The number of benzene rings is 2. The summed E-state index contributed by atoms with van der Waals surface area (Å²) in [7, 11) is 2.99. The van der Waals surface area contributed by atoms with E-state index in [1.165, 1.54) is 26.4 Å². The summed E-state index contributed by atoms with van der Waals surface area (Å²) in [4.78, 5) is 37.9. The quantitative estimate of drug-likeness (QED) is 0.677. The average molecular weight is 426 g/mol. The Morgan fingerprint density at radius 3 is 2.48 bits per heavy atom. The first-order chi connectivity index (χ1) is 14.8. The molecule has 4 atom stereocenters. The van der Waals surface area contributed by atoms with Gasteiger partial charge in [-0.05, 0) is 35.4 Å². The molecule has 0 aliphatic heterocycles. The fraction of sp³-hybridized carbons (Fsp3) is 0.348. The molecule has 0 amide bonds. The third kappa shape index (κ3) is 3.48. The second-order valence-corrected chi connectivity index (χ2v) is 7.74. The highest BCUT2D eigenvalue weighted by Crippen LogP contribution is 2.55. The number of hydrogen-bond acceptors (Lipinski definition) is 7. The Morgan fingerprint density at radius 2 is 1.81 bits per heavy atom. The van der Waals surface area contributed by atoms with E-state index in [1.54, 1.807) is 24.3 Å². The van der Waals surface area contributed by atoms with E-state index in [2.05, 4.69) is 0 Å². The summed E-state index contributed by atoms with van der Waals surface area (Å²) >= 11 is 0. The third-order valence-corrected chi connectivity index (χ3v) is 6.17. The van der Waals surface area contributed by atoms with Crippen molar-refractivity contribution in [3.8, 4) is 17.2 Å². The van der Waals surface area contributed by atoms with Crippen LogP contribution in [0.4, 0.5) is 0 Å². The number of aliphatic carboxylic acids is 1. The van der Waals surface area contributed by atoms with E-state index in [4.69, 9.17) is 14.2 Å². The van der Waals surface area contributed by atoms with Crippen LogP contribution in [0.5, 0.6) is 17.2 Å². The second kappa shape index (κ2) is 7.94. The van der Waals surface area contributed by atoms with Gasteiger partial charge in [-0.3, -0.25) is 14.4 Å². The lowest BCUT2D eigenvalue weighted by Crippen LogP contribution is -2.50. The summed E-state index contributed by atoms with van der Waals surface area (Å²) in [5.41, 5.74) is 1.77. The average Bonchev–Trinajstić information content (AvgIpc) is 2.76. The molecule has 2 N–H and O–H groups in total. The molecule has 8 nitrogen and oxygen atoms in total. The van der Waals surface area contributed by atoms with Crippen LogP contribution in [0.15, 0.2) is 36.4 Å². The summed E-state index contributed by atoms with van der Waals surface area (Å²) in [6.07, 6.45) is 0.0511. The normalized spacial score (nSPS) is 23.7. The van der Waals surface area contributed by atoms with E-state index in [-0.39, 0.29) is 24.6 Å². The van der Waals surface area contributed by atoms with E-state index in [9.17, 15) is 24.6 Å². The van der Waals surface area contributed by atoms with Gasteiger partial charge in [0.15, 0.2) is 0 Å². The van der Waals surface area contributed by atoms with Crippen molar-refractivity contribution >= 4 is 17.7 Å². The number of phenols is 1. The number of carboxylic acids is 1. The van der Waals surface area contributed by atoms with Gasteiger partial charge in [0.1, 0.15) is 29.6 Å². The largest absolute Gasteiger partial charge is 0.508 e. The lowest BCUT2D eigenvalue weighted by Gasteiger charge is -2.45. The molecular weight excluding hydrogens is 404 g/mol. The highest BCUT2D eigenvalue weighted by Gasteiger charge is 2.57. The molecule has 162 valence electrons. The predicted molar refractivity (Wildman–Crippen MR) is 107 cm³/mol. The number of ketones is 1. The minimum Gasteiger partial charge on any atom is -0.508 e. The number of carboxylic acid groups (broad SMARTS) is 1. The Kier molecular flexibility index (Phi) is 5.31. The van der Waals surface area contributed by atoms with Crippen molar-refractivity contribution in [3.63, 3.8) is 0 Å². The SMILES string of the molecule is COc1ccc(COC(=O)C2C3C(=O)CC(c4ccc(O)cc43)C2C(=O)O)c(OC)c1. The van der Waals surface area contributed by atoms with Crippen molar-refractivity contribution in [2.45, 2.75) is 24.9 Å². The zero-order valence-corrected chi connectivity index (χ0v) is 17.0. The topological polar surface area (TPSA) is 119 Å². The van der Waals surface area contributed by atoms with E-state index in [0.717, 1.165) is 0 Å². The molecule has 1 saturated carbocycles. The van der Waals surface area contributed by atoms with Crippen molar-refractivity contribution in [2.24, 2.45) is 11.8 Å². The lowest BCUT2D eigenvalue weighted by molar-refractivity contribution is -0.165. The van der Waals surface area contributed by atoms with Crippen molar-refractivity contribution in [3.05, 3.63) is 53.1 Å². The number of rotatable bonds is 6. The molecule has 5 rings (SSSR count). The van der Waals surface area contributed by atoms with Gasteiger partial charge in [-0.25, -0.2) is 0 Å². The Morgan fingerprint density at radius 1 is 1.03 bits per heavy atom. The fourth-order valence-electron chi connectivity index (χ4n) is 4.79.